The van der Waals surface area contributed by atoms with Crippen LogP contribution in [-0.4, -0.2) is 77.5 Å². The first-order chi connectivity index (χ1) is 16.8. The van der Waals surface area contributed by atoms with E-state index < -0.39 is 15.6 Å². The van der Waals surface area contributed by atoms with Crippen molar-refractivity contribution in [1.82, 2.24) is 19.1 Å². The van der Waals surface area contributed by atoms with E-state index in [1.54, 1.807) is 22.6 Å². The molecule has 0 atom stereocenters. The lowest BCUT2D eigenvalue weighted by atomic mass is 9.87. The molecule has 4 heterocycles. The molecule has 1 N–H and O–H groups in total. The van der Waals surface area contributed by atoms with Gasteiger partial charge in [-0.3, -0.25) is 4.98 Å². The molecular weight excluding hydrogens is 460 g/mol. The largest absolute Gasteiger partial charge is 0.386 e. The van der Waals surface area contributed by atoms with E-state index in [1.807, 2.05) is 48.5 Å². The first kappa shape index (κ1) is 22.3. The molecule has 2 aromatic carbocycles. The highest BCUT2D eigenvalue weighted by atomic mass is 32.2. The maximum atomic E-state index is 13.5. The first-order valence-electron chi connectivity index (χ1n) is 11.8. The van der Waals surface area contributed by atoms with Crippen molar-refractivity contribution in [2.75, 3.05) is 39.3 Å². The van der Waals surface area contributed by atoms with Crippen LogP contribution in [0, 0.1) is 0 Å². The number of sulfonamides is 1. The van der Waals surface area contributed by atoms with Crippen molar-refractivity contribution in [1.29, 1.82) is 0 Å². The summed E-state index contributed by atoms with van der Waals surface area (Å²) in [5.41, 5.74) is 3.19. The summed E-state index contributed by atoms with van der Waals surface area (Å²) in [6.07, 6.45) is 2.26. The number of likely N-dealkylation sites (tertiary alicyclic amines) is 1. The van der Waals surface area contributed by atoms with Gasteiger partial charge in [-0.25, -0.2) is 8.42 Å². The number of fused-ring (bicyclic) bond motifs is 1. The summed E-state index contributed by atoms with van der Waals surface area (Å²) in [6, 6.07) is 19.0. The Morgan fingerprint density at radius 3 is 2.31 bits per heavy atom. The van der Waals surface area contributed by atoms with E-state index >= 15 is 0 Å². The molecule has 1 fully saturated rings. The number of hydrogen-bond acceptors (Lipinski definition) is 6. The Morgan fingerprint density at radius 2 is 1.60 bits per heavy atom. The number of aromatic nitrogens is 1. The Balaban J connectivity index is 1.08. The Labute approximate surface area is 205 Å². The molecule has 180 valence electrons. The van der Waals surface area contributed by atoms with Gasteiger partial charge in [0.1, 0.15) is 10.5 Å². The van der Waals surface area contributed by atoms with Crippen molar-refractivity contribution >= 4 is 20.9 Å². The number of nitrogens with zero attached hydrogens (tertiary/aromatic N) is 4. The van der Waals surface area contributed by atoms with Crippen LogP contribution in [0.1, 0.15) is 5.56 Å². The molecule has 1 saturated heterocycles. The summed E-state index contributed by atoms with van der Waals surface area (Å²) < 4.78 is 28.5. The van der Waals surface area contributed by atoms with Crippen LogP contribution < -0.4 is 0 Å². The molecule has 3 aliphatic heterocycles. The molecule has 0 spiro atoms. The van der Waals surface area contributed by atoms with Gasteiger partial charge in [0.25, 0.3) is 0 Å². The van der Waals surface area contributed by atoms with Crippen molar-refractivity contribution in [3.8, 4) is 0 Å². The molecule has 3 aliphatic rings. The molecule has 0 saturated carbocycles. The summed E-state index contributed by atoms with van der Waals surface area (Å²) in [5.74, 6) is 0.893. The number of rotatable bonds is 6. The number of para-hydroxylation sites is 1. The molecule has 0 unspecified atom stereocenters. The predicted octanol–water partition coefficient (Wildman–Crippen LogP) is 2.61. The molecule has 0 bridgehead atoms. The molecule has 1 aromatic heterocycles. The van der Waals surface area contributed by atoms with Gasteiger partial charge >= 0.3 is 0 Å². The Kier molecular flexibility index (Phi) is 5.21. The van der Waals surface area contributed by atoms with Crippen LogP contribution in [-0.2, 0) is 16.4 Å². The summed E-state index contributed by atoms with van der Waals surface area (Å²) in [6.45, 7) is 7.51. The minimum Gasteiger partial charge on any atom is -0.386 e. The van der Waals surface area contributed by atoms with Crippen LogP contribution in [0.4, 0.5) is 0 Å². The number of aliphatic hydroxyl groups is 1. The lowest BCUT2D eigenvalue weighted by molar-refractivity contribution is -0.0904. The van der Waals surface area contributed by atoms with Crippen molar-refractivity contribution in [2.24, 2.45) is 0 Å². The van der Waals surface area contributed by atoms with Gasteiger partial charge in [-0.1, -0.05) is 55.1 Å². The molecule has 7 nitrogen and oxygen atoms in total. The highest BCUT2D eigenvalue weighted by molar-refractivity contribution is 7.89. The second-order valence-corrected chi connectivity index (χ2v) is 11.7. The van der Waals surface area contributed by atoms with E-state index in [4.69, 9.17) is 0 Å². The van der Waals surface area contributed by atoms with Gasteiger partial charge in [-0.2, -0.15) is 4.31 Å². The Bertz CT molecular complexity index is 1420. The third kappa shape index (κ3) is 3.91. The van der Waals surface area contributed by atoms with Gasteiger partial charge in [-0.05, 0) is 28.8 Å². The third-order valence-electron chi connectivity index (χ3n) is 7.29. The highest BCUT2D eigenvalue weighted by Crippen LogP contribution is 2.35. The monoisotopic (exact) mass is 488 g/mol. The second-order valence-electron chi connectivity index (χ2n) is 9.83. The third-order valence-corrected chi connectivity index (χ3v) is 9.11. The maximum Gasteiger partial charge on any atom is 0.245 e. The lowest BCUT2D eigenvalue weighted by Gasteiger charge is -2.50. The quantitative estimate of drug-likeness (QED) is 0.538. The van der Waals surface area contributed by atoms with E-state index in [9.17, 15) is 13.5 Å². The molecule has 6 rings (SSSR count). The van der Waals surface area contributed by atoms with Crippen molar-refractivity contribution in [3.63, 3.8) is 0 Å². The molecule has 35 heavy (non-hydrogen) atoms. The van der Waals surface area contributed by atoms with Crippen LogP contribution in [0.15, 0.2) is 95.3 Å². The van der Waals surface area contributed by atoms with Crippen LogP contribution in [0.25, 0.3) is 10.9 Å². The van der Waals surface area contributed by atoms with Gasteiger partial charge in [0.15, 0.2) is 0 Å². The minimum atomic E-state index is -3.66. The normalized spacial score (nSPS) is 19.8. The summed E-state index contributed by atoms with van der Waals surface area (Å²) in [7, 11) is -3.66. The second kappa shape index (κ2) is 8.19. The van der Waals surface area contributed by atoms with E-state index in [0.717, 1.165) is 27.9 Å². The van der Waals surface area contributed by atoms with E-state index in [1.165, 1.54) is 0 Å². The number of β-amino-alcohol motifs (C(OH)–C–C–N with tert-alkyl or cyclic N) is 1. The van der Waals surface area contributed by atoms with Crippen LogP contribution in [0.2, 0.25) is 0 Å². The molecule has 3 aromatic rings. The van der Waals surface area contributed by atoms with Crippen molar-refractivity contribution in [3.05, 3.63) is 96.0 Å². The zero-order valence-electron chi connectivity index (χ0n) is 19.5. The number of hydrogen-bond donors (Lipinski definition) is 1. The maximum absolute atomic E-state index is 13.5. The highest BCUT2D eigenvalue weighted by Gasteiger charge is 2.44. The van der Waals surface area contributed by atoms with Gasteiger partial charge in [0.2, 0.25) is 10.0 Å². The fraction of sp³-hybridized carbons (Fsp3) is 0.296. The van der Waals surface area contributed by atoms with Crippen molar-refractivity contribution in [2.45, 2.75) is 16.9 Å². The Morgan fingerprint density at radius 1 is 0.914 bits per heavy atom. The molecule has 0 amide bonds. The molecule has 0 radical (unpaired) electrons. The standard InChI is InChI=1S/C27H28N4O3S/c1-20(30-18-27(32,19-30)13-21-7-3-2-4-8-21)29-14-23-16-31(17-24(23)15-29)35(33,34)25-11-5-9-22-10-6-12-28-26(22)25/h2-12,32H,1,13-19H2. The zero-order chi connectivity index (χ0) is 24.2. The van der Waals surface area contributed by atoms with Gasteiger partial charge < -0.3 is 14.9 Å². The Hall–Kier alpha value is -3.20. The average molecular weight is 489 g/mol. The predicted molar refractivity (Wildman–Crippen MR) is 135 cm³/mol. The SMILES string of the molecule is C=C(N1CC2=C(C1)CN(S(=O)(=O)c1cccc3cccnc13)C2)N1CC(O)(Cc2ccccc2)C1. The molecular formula is C27H28N4O3S. The van der Waals surface area contributed by atoms with Crippen LogP contribution in [0.3, 0.4) is 0 Å². The first-order valence-corrected chi connectivity index (χ1v) is 13.3. The zero-order valence-corrected chi connectivity index (χ0v) is 20.3. The van der Waals surface area contributed by atoms with Gasteiger partial charge in [-0.15, -0.1) is 0 Å². The topological polar surface area (TPSA) is 77.0 Å². The molecule has 8 heteroatoms. The fourth-order valence-electron chi connectivity index (χ4n) is 5.46. The summed E-state index contributed by atoms with van der Waals surface area (Å²) in [4.78, 5) is 8.90. The van der Waals surface area contributed by atoms with Crippen LogP contribution >= 0.6 is 0 Å². The minimum absolute atomic E-state index is 0.260. The van der Waals surface area contributed by atoms with E-state index in [-0.39, 0.29) is 4.90 Å². The fourth-order valence-corrected chi connectivity index (χ4v) is 7.05. The lowest BCUT2D eigenvalue weighted by Crippen LogP contribution is -2.63. The smallest absolute Gasteiger partial charge is 0.245 e. The number of benzene rings is 2. The van der Waals surface area contributed by atoms with E-state index in [0.29, 0.717) is 51.2 Å². The summed E-state index contributed by atoms with van der Waals surface area (Å²) in [5, 5.41) is 11.7. The van der Waals surface area contributed by atoms with Gasteiger partial charge in [0, 0.05) is 44.2 Å². The van der Waals surface area contributed by atoms with Crippen molar-refractivity contribution < 1.29 is 13.5 Å². The van der Waals surface area contributed by atoms with Crippen LogP contribution in [0.5, 0.6) is 0 Å². The molecule has 0 aliphatic carbocycles. The average Bonchev–Trinajstić information content (AvgIpc) is 3.42. The summed E-state index contributed by atoms with van der Waals surface area (Å²) >= 11 is 0. The number of pyridine rings is 1. The van der Waals surface area contributed by atoms with E-state index in [2.05, 4.69) is 21.4 Å². The van der Waals surface area contributed by atoms with Gasteiger partial charge in [0.05, 0.1) is 24.4 Å².